The summed E-state index contributed by atoms with van der Waals surface area (Å²) in [5.41, 5.74) is 1.25. The Bertz CT molecular complexity index is 457. The van der Waals surface area contributed by atoms with Gasteiger partial charge in [0.15, 0.2) is 0 Å². The van der Waals surface area contributed by atoms with Gasteiger partial charge in [-0.15, -0.1) is 0 Å². The number of urea groups is 1. The Hall–Kier alpha value is -1.75. The first-order valence-electron chi connectivity index (χ1n) is 7.61. The average molecular weight is 291 g/mol. The largest absolute Gasteiger partial charge is 0.497 e. The molecule has 5 nitrogen and oxygen atoms in total. The van der Waals surface area contributed by atoms with Crippen LogP contribution >= 0.6 is 0 Å². The maximum Gasteiger partial charge on any atom is 0.317 e. The number of piperazine rings is 1. The molecule has 116 valence electrons. The molecule has 1 aliphatic heterocycles. The molecule has 1 saturated heterocycles. The van der Waals surface area contributed by atoms with Crippen molar-refractivity contribution in [2.75, 3.05) is 39.8 Å². The molecule has 1 aliphatic rings. The smallest absolute Gasteiger partial charge is 0.317 e. The summed E-state index contributed by atoms with van der Waals surface area (Å²) in [7, 11) is 1.69. The second kappa shape index (κ2) is 7.88. The van der Waals surface area contributed by atoms with Gasteiger partial charge < -0.3 is 15.0 Å². The van der Waals surface area contributed by atoms with E-state index in [1.165, 1.54) is 5.56 Å². The van der Waals surface area contributed by atoms with Crippen LogP contribution in [0.5, 0.6) is 5.75 Å². The van der Waals surface area contributed by atoms with Crippen LogP contribution in [0.3, 0.4) is 0 Å². The van der Waals surface area contributed by atoms with Gasteiger partial charge in [0.1, 0.15) is 5.75 Å². The lowest BCUT2D eigenvalue weighted by molar-refractivity contribution is 0.135. The van der Waals surface area contributed by atoms with E-state index in [4.69, 9.17) is 4.74 Å². The SMILES string of the molecule is CCCNC(=O)N1CCN(Cc2cccc(OC)c2)CC1. The number of rotatable bonds is 5. The highest BCUT2D eigenvalue weighted by Gasteiger charge is 2.20. The molecule has 0 saturated carbocycles. The predicted molar refractivity (Wildman–Crippen MR) is 83.5 cm³/mol. The molecule has 0 bridgehead atoms. The molecule has 0 spiro atoms. The van der Waals surface area contributed by atoms with Crippen molar-refractivity contribution in [1.82, 2.24) is 15.1 Å². The molecule has 1 N–H and O–H groups in total. The standard InChI is InChI=1S/C16H25N3O2/c1-3-7-17-16(20)19-10-8-18(9-11-19)13-14-5-4-6-15(12-14)21-2/h4-6,12H,3,7-11,13H2,1-2H3,(H,17,20). The van der Waals surface area contributed by atoms with E-state index in [2.05, 4.69) is 29.3 Å². The number of hydrogen-bond donors (Lipinski definition) is 1. The molecule has 2 rings (SSSR count). The normalized spacial score (nSPS) is 15.8. The molecule has 0 aromatic heterocycles. The molecule has 1 aromatic rings. The van der Waals surface area contributed by atoms with Gasteiger partial charge in [0.2, 0.25) is 0 Å². The average Bonchev–Trinajstić information content (AvgIpc) is 2.53. The van der Waals surface area contributed by atoms with Crippen molar-refractivity contribution in [2.45, 2.75) is 19.9 Å². The Balaban J connectivity index is 1.79. The molecular formula is C16H25N3O2. The number of ether oxygens (including phenoxy) is 1. The van der Waals surface area contributed by atoms with Crippen molar-refractivity contribution >= 4 is 6.03 Å². The monoisotopic (exact) mass is 291 g/mol. The van der Waals surface area contributed by atoms with Crippen LogP contribution in [-0.4, -0.2) is 55.7 Å². The number of carbonyl (C=O) groups excluding carboxylic acids is 1. The van der Waals surface area contributed by atoms with E-state index in [1.54, 1.807) is 7.11 Å². The molecule has 2 amide bonds. The third-order valence-corrected chi connectivity index (χ3v) is 3.73. The maximum atomic E-state index is 11.9. The number of hydrogen-bond acceptors (Lipinski definition) is 3. The number of amides is 2. The van der Waals surface area contributed by atoms with E-state index in [9.17, 15) is 4.79 Å². The number of nitrogens with one attached hydrogen (secondary N) is 1. The van der Waals surface area contributed by atoms with Gasteiger partial charge in [0.25, 0.3) is 0 Å². The predicted octanol–water partition coefficient (Wildman–Crippen LogP) is 1.93. The minimum absolute atomic E-state index is 0.0675. The number of benzene rings is 1. The summed E-state index contributed by atoms with van der Waals surface area (Å²) < 4.78 is 5.25. The van der Waals surface area contributed by atoms with Gasteiger partial charge in [-0.2, -0.15) is 0 Å². The lowest BCUT2D eigenvalue weighted by Crippen LogP contribution is -2.51. The van der Waals surface area contributed by atoms with Crippen LogP contribution in [0.4, 0.5) is 4.79 Å². The van der Waals surface area contributed by atoms with E-state index < -0.39 is 0 Å². The summed E-state index contributed by atoms with van der Waals surface area (Å²) in [6.45, 7) is 7.13. The Morgan fingerprint density at radius 3 is 2.71 bits per heavy atom. The van der Waals surface area contributed by atoms with Crippen molar-refractivity contribution < 1.29 is 9.53 Å². The molecule has 1 heterocycles. The molecule has 5 heteroatoms. The molecule has 1 aromatic carbocycles. The van der Waals surface area contributed by atoms with Gasteiger partial charge in [-0.05, 0) is 24.1 Å². The summed E-state index contributed by atoms with van der Waals surface area (Å²) in [6, 6.07) is 8.23. The van der Waals surface area contributed by atoms with Gasteiger partial charge in [-0.1, -0.05) is 19.1 Å². The summed E-state index contributed by atoms with van der Waals surface area (Å²) in [4.78, 5) is 16.2. The fraction of sp³-hybridized carbons (Fsp3) is 0.562. The highest BCUT2D eigenvalue weighted by Crippen LogP contribution is 2.15. The lowest BCUT2D eigenvalue weighted by Gasteiger charge is -2.34. The Kier molecular flexibility index (Phi) is 5.87. The van der Waals surface area contributed by atoms with Gasteiger partial charge in [-0.25, -0.2) is 4.79 Å². The van der Waals surface area contributed by atoms with Crippen LogP contribution in [0.1, 0.15) is 18.9 Å². The zero-order valence-corrected chi connectivity index (χ0v) is 13.0. The van der Waals surface area contributed by atoms with Crippen LogP contribution in [0.15, 0.2) is 24.3 Å². The molecule has 21 heavy (non-hydrogen) atoms. The third kappa shape index (κ3) is 4.63. The lowest BCUT2D eigenvalue weighted by atomic mass is 10.2. The van der Waals surface area contributed by atoms with Crippen molar-refractivity contribution in [3.8, 4) is 5.75 Å². The van der Waals surface area contributed by atoms with Crippen molar-refractivity contribution in [3.05, 3.63) is 29.8 Å². The molecular weight excluding hydrogens is 266 g/mol. The van der Waals surface area contributed by atoms with Crippen LogP contribution in [0, 0.1) is 0 Å². The summed E-state index contributed by atoms with van der Waals surface area (Å²) >= 11 is 0. The minimum atomic E-state index is 0.0675. The first kappa shape index (κ1) is 15.6. The Morgan fingerprint density at radius 2 is 2.05 bits per heavy atom. The summed E-state index contributed by atoms with van der Waals surface area (Å²) in [5.74, 6) is 0.894. The topological polar surface area (TPSA) is 44.8 Å². The minimum Gasteiger partial charge on any atom is -0.497 e. The number of methoxy groups -OCH3 is 1. The molecule has 0 aliphatic carbocycles. The zero-order chi connectivity index (χ0) is 15.1. The highest BCUT2D eigenvalue weighted by molar-refractivity contribution is 5.74. The molecule has 1 fully saturated rings. The third-order valence-electron chi connectivity index (χ3n) is 3.73. The van der Waals surface area contributed by atoms with Gasteiger partial charge in [0.05, 0.1) is 7.11 Å². The van der Waals surface area contributed by atoms with Crippen LogP contribution in [0.2, 0.25) is 0 Å². The highest BCUT2D eigenvalue weighted by atomic mass is 16.5. The Morgan fingerprint density at radius 1 is 1.29 bits per heavy atom. The second-order valence-corrected chi connectivity index (χ2v) is 5.35. The number of nitrogens with zero attached hydrogens (tertiary/aromatic N) is 2. The van der Waals surface area contributed by atoms with E-state index in [0.717, 1.165) is 51.4 Å². The van der Waals surface area contributed by atoms with E-state index in [0.29, 0.717) is 0 Å². The quantitative estimate of drug-likeness (QED) is 0.901. The Labute approximate surface area is 126 Å². The van der Waals surface area contributed by atoms with Crippen LogP contribution in [0.25, 0.3) is 0 Å². The van der Waals surface area contributed by atoms with Gasteiger partial charge in [-0.3, -0.25) is 4.90 Å². The summed E-state index contributed by atoms with van der Waals surface area (Å²) in [6.07, 6.45) is 0.974. The van der Waals surface area contributed by atoms with Gasteiger partial charge >= 0.3 is 6.03 Å². The zero-order valence-electron chi connectivity index (χ0n) is 13.0. The molecule has 0 radical (unpaired) electrons. The summed E-state index contributed by atoms with van der Waals surface area (Å²) in [5, 5.41) is 2.93. The van der Waals surface area contributed by atoms with E-state index >= 15 is 0 Å². The van der Waals surface area contributed by atoms with Crippen LogP contribution < -0.4 is 10.1 Å². The van der Waals surface area contributed by atoms with Crippen LogP contribution in [-0.2, 0) is 6.54 Å². The van der Waals surface area contributed by atoms with Crippen molar-refractivity contribution in [2.24, 2.45) is 0 Å². The molecule has 0 atom stereocenters. The number of carbonyl (C=O) groups is 1. The first-order chi connectivity index (χ1) is 10.2. The van der Waals surface area contributed by atoms with Crippen molar-refractivity contribution in [1.29, 1.82) is 0 Å². The fourth-order valence-electron chi connectivity index (χ4n) is 2.48. The maximum absolute atomic E-state index is 11.9. The van der Waals surface area contributed by atoms with E-state index in [1.807, 2.05) is 17.0 Å². The van der Waals surface area contributed by atoms with E-state index in [-0.39, 0.29) is 6.03 Å². The molecule has 0 unspecified atom stereocenters. The fourth-order valence-corrected chi connectivity index (χ4v) is 2.48. The van der Waals surface area contributed by atoms with Crippen molar-refractivity contribution in [3.63, 3.8) is 0 Å². The first-order valence-corrected chi connectivity index (χ1v) is 7.61. The van der Waals surface area contributed by atoms with Gasteiger partial charge in [0, 0.05) is 39.3 Å². The second-order valence-electron chi connectivity index (χ2n) is 5.35.